The van der Waals surface area contributed by atoms with Gasteiger partial charge in [-0.05, 0) is 30.4 Å². The van der Waals surface area contributed by atoms with E-state index in [1.807, 2.05) is 36.4 Å². The molecule has 24 heavy (non-hydrogen) atoms. The Labute approximate surface area is 150 Å². The summed E-state index contributed by atoms with van der Waals surface area (Å²) in [6, 6.07) is 11.7. The van der Waals surface area contributed by atoms with Gasteiger partial charge in [-0.3, -0.25) is 9.59 Å². The number of benzene rings is 2. The molecule has 1 aliphatic rings. The van der Waals surface area contributed by atoms with E-state index in [1.54, 1.807) is 4.90 Å². The van der Waals surface area contributed by atoms with Gasteiger partial charge in [0, 0.05) is 28.4 Å². The van der Waals surface area contributed by atoms with E-state index in [-0.39, 0.29) is 24.1 Å². The second kappa shape index (κ2) is 7.90. The minimum atomic E-state index is -0.142. The fourth-order valence-corrected chi connectivity index (χ4v) is 4.10. The highest BCUT2D eigenvalue weighted by Crippen LogP contribution is 2.32. The first kappa shape index (κ1) is 17.1. The van der Waals surface area contributed by atoms with Crippen molar-refractivity contribution in [1.82, 2.24) is 10.2 Å². The number of thioether (sulfide) groups is 1. The lowest BCUT2D eigenvalue weighted by molar-refractivity contribution is -0.131. The summed E-state index contributed by atoms with van der Waals surface area (Å²) in [5.74, 6) is 0.119. The first-order chi connectivity index (χ1) is 11.6. The molecule has 0 radical (unpaired) electrons. The molecular formula is C18H19ClN2O2S. The molecule has 0 saturated carbocycles. The van der Waals surface area contributed by atoms with Crippen LogP contribution in [-0.2, 0) is 9.59 Å². The quantitative estimate of drug-likeness (QED) is 0.830. The number of hydrogen-bond acceptors (Lipinski definition) is 3. The molecule has 0 atom stereocenters. The van der Waals surface area contributed by atoms with Crippen molar-refractivity contribution < 1.29 is 9.59 Å². The third-order valence-electron chi connectivity index (χ3n) is 4.07. The number of hydrogen-bond donors (Lipinski definition) is 1. The van der Waals surface area contributed by atoms with Crippen LogP contribution < -0.4 is 5.32 Å². The van der Waals surface area contributed by atoms with Gasteiger partial charge in [0.05, 0.1) is 12.3 Å². The van der Waals surface area contributed by atoms with Crippen LogP contribution in [0.5, 0.6) is 0 Å². The maximum absolute atomic E-state index is 12.0. The lowest BCUT2D eigenvalue weighted by atomic mass is 10.1. The van der Waals surface area contributed by atoms with E-state index in [0.717, 1.165) is 41.6 Å². The monoisotopic (exact) mass is 362 g/mol. The molecule has 0 spiro atoms. The van der Waals surface area contributed by atoms with Crippen molar-refractivity contribution in [3.05, 3.63) is 41.4 Å². The fraction of sp³-hybridized carbons (Fsp3) is 0.333. The Morgan fingerprint density at radius 2 is 1.83 bits per heavy atom. The number of carbonyl (C=O) groups is 2. The van der Waals surface area contributed by atoms with Gasteiger partial charge in [0.1, 0.15) is 0 Å². The Balaban J connectivity index is 1.56. The normalized spacial score (nSPS) is 14.1. The topological polar surface area (TPSA) is 49.4 Å². The van der Waals surface area contributed by atoms with Crippen LogP contribution in [0.2, 0.25) is 5.02 Å². The number of halogens is 1. The van der Waals surface area contributed by atoms with E-state index >= 15 is 0 Å². The molecule has 2 aromatic carbocycles. The van der Waals surface area contributed by atoms with Gasteiger partial charge in [-0.2, -0.15) is 0 Å². The Bertz CT molecular complexity index is 755. The molecule has 0 aromatic heterocycles. The molecule has 1 heterocycles. The molecule has 2 aromatic rings. The molecule has 3 rings (SSSR count). The highest BCUT2D eigenvalue weighted by Gasteiger charge is 2.18. The van der Waals surface area contributed by atoms with E-state index in [0.29, 0.717) is 5.02 Å². The second-order valence-corrected chi connectivity index (χ2v) is 7.17. The van der Waals surface area contributed by atoms with Gasteiger partial charge < -0.3 is 10.2 Å². The molecule has 0 bridgehead atoms. The average Bonchev–Trinajstić information content (AvgIpc) is 3.12. The number of nitrogens with one attached hydrogen (secondary N) is 1. The number of amides is 2. The third-order valence-corrected chi connectivity index (χ3v) is 5.44. The van der Waals surface area contributed by atoms with Crippen LogP contribution in [-0.4, -0.2) is 42.1 Å². The summed E-state index contributed by atoms with van der Waals surface area (Å²) in [7, 11) is 0. The molecule has 1 N–H and O–H groups in total. The zero-order valence-corrected chi connectivity index (χ0v) is 14.8. The van der Waals surface area contributed by atoms with Gasteiger partial charge >= 0.3 is 0 Å². The lowest BCUT2D eigenvalue weighted by Gasteiger charge is -2.15. The molecule has 1 fully saturated rings. The largest absolute Gasteiger partial charge is 0.346 e. The van der Waals surface area contributed by atoms with Crippen molar-refractivity contribution in [3.63, 3.8) is 0 Å². The SMILES string of the molecule is O=C(CSc1cccc2cccc(Cl)c12)NCC(=O)N1CCCC1. The Kier molecular flexibility index (Phi) is 5.63. The number of likely N-dealkylation sites (tertiary alicyclic amines) is 1. The van der Waals surface area contributed by atoms with Crippen LogP contribution in [0.25, 0.3) is 10.8 Å². The lowest BCUT2D eigenvalue weighted by Crippen LogP contribution is -2.39. The van der Waals surface area contributed by atoms with E-state index < -0.39 is 0 Å². The molecule has 1 aliphatic heterocycles. The Morgan fingerprint density at radius 3 is 2.58 bits per heavy atom. The van der Waals surface area contributed by atoms with E-state index in [9.17, 15) is 9.59 Å². The fourth-order valence-electron chi connectivity index (χ4n) is 2.83. The molecule has 1 saturated heterocycles. The van der Waals surface area contributed by atoms with Crippen LogP contribution >= 0.6 is 23.4 Å². The van der Waals surface area contributed by atoms with Gasteiger partial charge in [-0.1, -0.05) is 35.9 Å². The van der Waals surface area contributed by atoms with Crippen molar-refractivity contribution in [2.45, 2.75) is 17.7 Å². The molecule has 4 nitrogen and oxygen atoms in total. The van der Waals surface area contributed by atoms with Crippen LogP contribution in [0, 0.1) is 0 Å². The van der Waals surface area contributed by atoms with Crippen LogP contribution in [0.15, 0.2) is 41.3 Å². The first-order valence-corrected chi connectivity index (χ1v) is 9.36. The molecule has 0 aliphatic carbocycles. The predicted molar refractivity (Wildman–Crippen MR) is 98.5 cm³/mol. The van der Waals surface area contributed by atoms with E-state index in [2.05, 4.69) is 5.32 Å². The molecule has 2 amide bonds. The maximum atomic E-state index is 12.0. The molecular weight excluding hydrogens is 344 g/mol. The Morgan fingerprint density at radius 1 is 1.12 bits per heavy atom. The van der Waals surface area contributed by atoms with Gasteiger partial charge in [-0.15, -0.1) is 11.8 Å². The molecule has 0 unspecified atom stereocenters. The first-order valence-electron chi connectivity index (χ1n) is 7.99. The second-order valence-electron chi connectivity index (χ2n) is 5.75. The van der Waals surface area contributed by atoms with Crippen molar-refractivity contribution in [1.29, 1.82) is 0 Å². The van der Waals surface area contributed by atoms with Gasteiger partial charge in [0.15, 0.2) is 0 Å². The van der Waals surface area contributed by atoms with Gasteiger partial charge in [0.25, 0.3) is 0 Å². The summed E-state index contributed by atoms with van der Waals surface area (Å²) in [4.78, 5) is 26.7. The summed E-state index contributed by atoms with van der Waals surface area (Å²) in [6.07, 6.45) is 2.11. The zero-order valence-electron chi connectivity index (χ0n) is 13.3. The van der Waals surface area contributed by atoms with E-state index in [1.165, 1.54) is 11.8 Å². The number of fused-ring (bicyclic) bond motifs is 1. The van der Waals surface area contributed by atoms with Crippen molar-refractivity contribution >= 4 is 45.9 Å². The number of rotatable bonds is 5. The maximum Gasteiger partial charge on any atom is 0.241 e. The van der Waals surface area contributed by atoms with Crippen LogP contribution in [0.4, 0.5) is 0 Å². The molecule has 126 valence electrons. The predicted octanol–water partition coefficient (Wildman–Crippen LogP) is 3.32. The average molecular weight is 363 g/mol. The zero-order chi connectivity index (χ0) is 16.9. The minimum Gasteiger partial charge on any atom is -0.346 e. The van der Waals surface area contributed by atoms with E-state index in [4.69, 9.17) is 11.6 Å². The van der Waals surface area contributed by atoms with Crippen molar-refractivity contribution in [2.24, 2.45) is 0 Å². The summed E-state index contributed by atoms with van der Waals surface area (Å²) in [5.41, 5.74) is 0. The number of nitrogens with zero attached hydrogens (tertiary/aromatic N) is 1. The number of carbonyl (C=O) groups excluding carboxylic acids is 2. The van der Waals surface area contributed by atoms with Crippen LogP contribution in [0.1, 0.15) is 12.8 Å². The Hall–Kier alpha value is -1.72. The smallest absolute Gasteiger partial charge is 0.241 e. The summed E-state index contributed by atoms with van der Waals surface area (Å²) in [6.45, 7) is 1.69. The highest BCUT2D eigenvalue weighted by molar-refractivity contribution is 8.00. The van der Waals surface area contributed by atoms with Crippen molar-refractivity contribution in [3.8, 4) is 0 Å². The van der Waals surface area contributed by atoms with Crippen LogP contribution in [0.3, 0.4) is 0 Å². The van der Waals surface area contributed by atoms with Gasteiger partial charge in [-0.25, -0.2) is 0 Å². The standard InChI is InChI=1S/C18H19ClN2O2S/c19-14-7-3-5-13-6-4-8-15(18(13)14)24-12-16(22)20-11-17(23)21-9-1-2-10-21/h3-8H,1-2,9-12H2,(H,20,22). The van der Waals surface area contributed by atoms with Gasteiger partial charge in [0.2, 0.25) is 11.8 Å². The third kappa shape index (κ3) is 4.02. The summed E-state index contributed by atoms with van der Waals surface area (Å²) >= 11 is 7.72. The highest BCUT2D eigenvalue weighted by atomic mass is 35.5. The summed E-state index contributed by atoms with van der Waals surface area (Å²) in [5, 5.41) is 5.41. The minimum absolute atomic E-state index is 0.000875. The van der Waals surface area contributed by atoms with Crippen molar-refractivity contribution in [2.75, 3.05) is 25.4 Å². The molecule has 6 heteroatoms. The summed E-state index contributed by atoms with van der Waals surface area (Å²) < 4.78 is 0.